The van der Waals surface area contributed by atoms with Crippen molar-refractivity contribution >= 4 is 37.5 Å². The van der Waals surface area contributed by atoms with E-state index in [1.54, 1.807) is 36.4 Å². The largest absolute Gasteiger partial charge is 0.455 e. The average Bonchev–Trinajstić information content (AvgIpc) is 2.34. The van der Waals surface area contributed by atoms with Gasteiger partial charge in [-0.3, -0.25) is 0 Å². The third-order valence-electron chi connectivity index (χ3n) is 2.24. The number of rotatable bonds is 2. The van der Waals surface area contributed by atoms with Gasteiger partial charge < -0.3 is 10.5 Å². The zero-order valence-corrected chi connectivity index (χ0v) is 12.3. The molecule has 0 aliphatic heterocycles. The normalized spacial score (nSPS) is 9.83. The van der Waals surface area contributed by atoms with Crippen molar-refractivity contribution in [2.24, 2.45) is 0 Å². The summed E-state index contributed by atoms with van der Waals surface area (Å²) < 4.78 is 7.34. The van der Waals surface area contributed by atoms with Gasteiger partial charge in [-0.2, -0.15) is 5.26 Å². The van der Waals surface area contributed by atoms with Gasteiger partial charge in [-0.15, -0.1) is 0 Å². The first-order valence-electron chi connectivity index (χ1n) is 5.02. The van der Waals surface area contributed by atoms with E-state index >= 15 is 0 Å². The first-order chi connectivity index (χ1) is 8.60. The van der Waals surface area contributed by atoms with E-state index < -0.39 is 0 Å². The highest BCUT2D eigenvalue weighted by Gasteiger charge is 2.08. The highest BCUT2D eigenvalue weighted by Crippen LogP contribution is 2.34. The van der Waals surface area contributed by atoms with E-state index in [1.165, 1.54) is 0 Å². The molecule has 2 rings (SSSR count). The molecule has 2 aromatic carbocycles. The smallest absolute Gasteiger partial charge is 0.146 e. The number of anilines is 1. The minimum atomic E-state index is 0.465. The first kappa shape index (κ1) is 12.9. The second-order valence-corrected chi connectivity index (χ2v) is 5.31. The Hall–Kier alpha value is -1.51. The lowest BCUT2D eigenvalue weighted by Gasteiger charge is -2.10. The standard InChI is InChI=1S/C13H8Br2N2O/c14-9-2-1-8(7-16)12(5-9)18-13-6-10(17)3-4-11(13)15/h1-6H,17H2. The third kappa shape index (κ3) is 2.84. The Bertz CT molecular complexity index is 635. The van der Waals surface area contributed by atoms with E-state index in [0.717, 1.165) is 8.95 Å². The van der Waals surface area contributed by atoms with Crippen LogP contribution in [-0.4, -0.2) is 0 Å². The zero-order valence-electron chi connectivity index (χ0n) is 9.15. The second kappa shape index (κ2) is 5.42. The van der Waals surface area contributed by atoms with Gasteiger partial charge in [-0.1, -0.05) is 15.9 Å². The summed E-state index contributed by atoms with van der Waals surface area (Å²) in [6, 6.07) is 12.6. The molecule has 0 atom stereocenters. The minimum Gasteiger partial charge on any atom is -0.455 e. The molecular weight excluding hydrogens is 360 g/mol. The van der Waals surface area contributed by atoms with Crippen LogP contribution in [-0.2, 0) is 0 Å². The number of hydrogen-bond donors (Lipinski definition) is 1. The number of nitrogen functional groups attached to an aromatic ring is 1. The molecule has 0 spiro atoms. The van der Waals surface area contributed by atoms with Crippen LogP contribution < -0.4 is 10.5 Å². The first-order valence-corrected chi connectivity index (χ1v) is 6.61. The van der Waals surface area contributed by atoms with E-state index in [2.05, 4.69) is 37.9 Å². The molecule has 0 saturated heterocycles. The molecular formula is C13H8Br2N2O. The summed E-state index contributed by atoms with van der Waals surface area (Å²) in [7, 11) is 0. The SMILES string of the molecule is N#Cc1ccc(Br)cc1Oc1cc(N)ccc1Br. The minimum absolute atomic E-state index is 0.465. The summed E-state index contributed by atoms with van der Waals surface area (Å²) in [5.74, 6) is 1.06. The Labute approximate surface area is 121 Å². The van der Waals surface area contributed by atoms with Crippen LogP contribution in [0.25, 0.3) is 0 Å². The third-order valence-corrected chi connectivity index (χ3v) is 3.39. The number of ether oxygens (including phenoxy) is 1. The van der Waals surface area contributed by atoms with Crippen LogP contribution in [0, 0.1) is 11.3 Å². The van der Waals surface area contributed by atoms with E-state index in [1.807, 2.05) is 0 Å². The molecule has 0 heterocycles. The average molecular weight is 368 g/mol. The Morgan fingerprint density at radius 2 is 1.83 bits per heavy atom. The molecule has 90 valence electrons. The van der Waals surface area contributed by atoms with Gasteiger partial charge in [0.15, 0.2) is 0 Å². The molecule has 0 unspecified atom stereocenters. The summed E-state index contributed by atoms with van der Waals surface area (Å²) in [5.41, 5.74) is 6.77. The van der Waals surface area contributed by atoms with Gasteiger partial charge >= 0.3 is 0 Å². The van der Waals surface area contributed by atoms with E-state index in [-0.39, 0.29) is 0 Å². The van der Waals surface area contributed by atoms with Gasteiger partial charge in [0.2, 0.25) is 0 Å². The Morgan fingerprint density at radius 1 is 1.06 bits per heavy atom. The number of benzene rings is 2. The second-order valence-electron chi connectivity index (χ2n) is 3.54. The van der Waals surface area contributed by atoms with Crippen molar-refractivity contribution in [1.82, 2.24) is 0 Å². The lowest BCUT2D eigenvalue weighted by atomic mass is 10.2. The number of nitrogens with two attached hydrogens (primary N) is 1. The summed E-state index contributed by atoms with van der Waals surface area (Å²) in [6.07, 6.45) is 0. The van der Waals surface area contributed by atoms with Crippen LogP contribution in [0.2, 0.25) is 0 Å². The summed E-state index contributed by atoms with van der Waals surface area (Å²) >= 11 is 6.72. The molecule has 18 heavy (non-hydrogen) atoms. The molecule has 5 heteroatoms. The highest BCUT2D eigenvalue weighted by molar-refractivity contribution is 9.10. The maximum Gasteiger partial charge on any atom is 0.146 e. The van der Waals surface area contributed by atoms with E-state index in [9.17, 15) is 0 Å². The number of nitrogens with zero attached hydrogens (tertiary/aromatic N) is 1. The van der Waals surface area contributed by atoms with Crippen LogP contribution in [0.1, 0.15) is 5.56 Å². The monoisotopic (exact) mass is 366 g/mol. The fourth-order valence-corrected chi connectivity index (χ4v) is 2.06. The van der Waals surface area contributed by atoms with Gasteiger partial charge in [-0.05, 0) is 46.3 Å². The molecule has 0 aromatic heterocycles. The molecule has 0 saturated carbocycles. The Balaban J connectivity index is 2.43. The molecule has 0 radical (unpaired) electrons. The zero-order chi connectivity index (χ0) is 13.1. The molecule has 2 N–H and O–H groups in total. The van der Waals surface area contributed by atoms with Crippen LogP contribution in [0.5, 0.6) is 11.5 Å². The van der Waals surface area contributed by atoms with Gasteiger partial charge in [-0.25, -0.2) is 0 Å². The Morgan fingerprint density at radius 3 is 2.56 bits per heavy atom. The van der Waals surface area contributed by atoms with Gasteiger partial charge in [0.05, 0.1) is 10.0 Å². The maximum absolute atomic E-state index is 9.03. The van der Waals surface area contributed by atoms with Gasteiger partial charge in [0, 0.05) is 16.2 Å². The molecule has 3 nitrogen and oxygen atoms in total. The summed E-state index contributed by atoms with van der Waals surface area (Å²) in [4.78, 5) is 0. The Kier molecular flexibility index (Phi) is 3.90. The van der Waals surface area contributed by atoms with Crippen molar-refractivity contribution in [2.45, 2.75) is 0 Å². The molecule has 0 bridgehead atoms. The predicted molar refractivity (Wildman–Crippen MR) is 77.5 cm³/mol. The van der Waals surface area contributed by atoms with Crippen molar-refractivity contribution in [3.8, 4) is 17.6 Å². The lowest BCUT2D eigenvalue weighted by Crippen LogP contribution is -1.91. The maximum atomic E-state index is 9.03. The molecule has 0 amide bonds. The van der Waals surface area contributed by atoms with Crippen molar-refractivity contribution in [2.75, 3.05) is 5.73 Å². The van der Waals surface area contributed by atoms with Crippen LogP contribution in [0.15, 0.2) is 45.3 Å². The molecule has 0 aliphatic rings. The van der Waals surface area contributed by atoms with Crippen LogP contribution >= 0.6 is 31.9 Å². The van der Waals surface area contributed by atoms with Crippen LogP contribution in [0.3, 0.4) is 0 Å². The quantitative estimate of drug-likeness (QED) is 0.797. The van der Waals surface area contributed by atoms with Gasteiger partial charge in [0.1, 0.15) is 17.6 Å². The van der Waals surface area contributed by atoms with Crippen molar-refractivity contribution in [3.63, 3.8) is 0 Å². The number of nitriles is 1. The van der Waals surface area contributed by atoms with E-state index in [4.69, 9.17) is 15.7 Å². The van der Waals surface area contributed by atoms with Crippen LogP contribution in [0.4, 0.5) is 5.69 Å². The topological polar surface area (TPSA) is 59.0 Å². The lowest BCUT2D eigenvalue weighted by molar-refractivity contribution is 0.478. The number of hydrogen-bond acceptors (Lipinski definition) is 3. The van der Waals surface area contributed by atoms with Crippen molar-refractivity contribution in [1.29, 1.82) is 5.26 Å². The predicted octanol–water partition coefficient (Wildman–Crippen LogP) is 4.46. The summed E-state index contributed by atoms with van der Waals surface area (Å²) in [5, 5.41) is 9.03. The number of halogens is 2. The van der Waals surface area contributed by atoms with Gasteiger partial charge in [0.25, 0.3) is 0 Å². The van der Waals surface area contributed by atoms with Crippen molar-refractivity contribution in [3.05, 3.63) is 50.9 Å². The van der Waals surface area contributed by atoms with E-state index in [0.29, 0.717) is 22.7 Å². The fourth-order valence-electron chi connectivity index (χ4n) is 1.39. The molecule has 0 aliphatic carbocycles. The highest BCUT2D eigenvalue weighted by atomic mass is 79.9. The fraction of sp³-hybridized carbons (Fsp3) is 0. The summed E-state index contributed by atoms with van der Waals surface area (Å²) in [6.45, 7) is 0. The van der Waals surface area contributed by atoms with Crippen molar-refractivity contribution < 1.29 is 4.74 Å². The molecule has 0 fully saturated rings. The molecule has 2 aromatic rings.